The summed E-state index contributed by atoms with van der Waals surface area (Å²) in [6.07, 6.45) is 8.91. The van der Waals surface area contributed by atoms with Crippen LogP contribution in [0.1, 0.15) is 60.3 Å². The van der Waals surface area contributed by atoms with Crippen molar-refractivity contribution < 1.29 is 14.3 Å². The summed E-state index contributed by atoms with van der Waals surface area (Å²) in [5.74, 6) is 2.31. The second-order valence-electron chi connectivity index (χ2n) is 11.3. The summed E-state index contributed by atoms with van der Waals surface area (Å²) in [5.41, 5.74) is 2.03. The van der Waals surface area contributed by atoms with Crippen molar-refractivity contribution in [3.63, 3.8) is 0 Å². The van der Waals surface area contributed by atoms with E-state index in [-0.39, 0.29) is 23.3 Å². The molecule has 2 aliphatic carbocycles. The second kappa shape index (κ2) is 9.28. The van der Waals surface area contributed by atoms with Gasteiger partial charge in [0.1, 0.15) is 17.3 Å². The van der Waals surface area contributed by atoms with Crippen LogP contribution < -0.4 is 19.9 Å². The normalized spacial score (nSPS) is 21.5. The highest BCUT2D eigenvalue weighted by atomic mass is 16.5. The molecule has 0 radical (unpaired) electrons. The van der Waals surface area contributed by atoms with Crippen LogP contribution in [-0.4, -0.2) is 79.6 Å². The number of benzene rings is 1. The number of fused-ring (bicyclic) bond motifs is 1. The Morgan fingerprint density at radius 1 is 1.19 bits per heavy atom. The Labute approximate surface area is 218 Å². The van der Waals surface area contributed by atoms with Crippen molar-refractivity contribution in [1.82, 2.24) is 20.2 Å². The maximum atomic E-state index is 13.3. The first-order valence-electron chi connectivity index (χ1n) is 13.4. The first kappa shape index (κ1) is 24.2. The molecule has 2 saturated carbocycles. The Bertz CT molecular complexity index is 1220. The number of likely N-dealkylation sites (tertiary alicyclic amines) is 1. The van der Waals surface area contributed by atoms with E-state index >= 15 is 0 Å². The molecule has 0 unspecified atom stereocenters. The quantitative estimate of drug-likeness (QED) is 0.647. The summed E-state index contributed by atoms with van der Waals surface area (Å²) in [6.45, 7) is 2.49. The molecule has 1 saturated heterocycles. The first-order chi connectivity index (χ1) is 17.9. The van der Waals surface area contributed by atoms with E-state index in [0.717, 1.165) is 62.4 Å². The fraction of sp³-hybridized carbons (Fsp3) is 0.571. The zero-order valence-corrected chi connectivity index (χ0v) is 22.0. The van der Waals surface area contributed by atoms with E-state index in [1.807, 2.05) is 32.4 Å². The predicted octanol–water partition coefficient (Wildman–Crippen LogP) is 2.63. The highest BCUT2D eigenvalue weighted by Crippen LogP contribution is 2.52. The zero-order chi connectivity index (χ0) is 25.7. The average Bonchev–Trinajstić information content (AvgIpc) is 3.49. The number of hydrogen-bond acceptors (Lipinski definition) is 7. The van der Waals surface area contributed by atoms with Gasteiger partial charge in [0.15, 0.2) is 5.82 Å². The van der Waals surface area contributed by atoms with Crippen LogP contribution in [0, 0.1) is 5.41 Å². The minimum Gasteiger partial charge on any atom is -0.496 e. The van der Waals surface area contributed by atoms with Crippen molar-refractivity contribution in [2.75, 3.05) is 50.6 Å². The zero-order valence-electron chi connectivity index (χ0n) is 22.0. The largest absolute Gasteiger partial charge is 0.496 e. The standard InChI is InChI=1S/C28H36N6O3/c1-32-15-20(16-32)30-26(35)19-9-8-18(23(12-19)37-3)13-24-29-14-22-25(31-24)34(21-6-4-5-7-21)17-28(10-11-28)27(36)33(22)2/h8-9,12,14,20-21H,4-7,10-11,13,15-17H2,1-3H3,(H,30,35). The van der Waals surface area contributed by atoms with Gasteiger partial charge in [-0.25, -0.2) is 9.97 Å². The molecule has 196 valence electrons. The van der Waals surface area contributed by atoms with E-state index in [1.54, 1.807) is 18.1 Å². The number of carbonyl (C=O) groups is 2. The molecule has 1 spiro atoms. The molecule has 9 heteroatoms. The van der Waals surface area contributed by atoms with Crippen molar-refractivity contribution in [2.45, 2.75) is 57.0 Å². The van der Waals surface area contributed by atoms with Gasteiger partial charge in [-0.15, -0.1) is 0 Å². The summed E-state index contributed by atoms with van der Waals surface area (Å²) >= 11 is 0. The molecule has 3 fully saturated rings. The molecular weight excluding hydrogens is 468 g/mol. The number of likely N-dealkylation sites (N-methyl/N-ethyl adjacent to an activating group) is 1. The smallest absolute Gasteiger partial charge is 0.251 e. The molecular formula is C28H36N6O3. The van der Waals surface area contributed by atoms with Crippen LogP contribution in [0.4, 0.5) is 11.5 Å². The maximum Gasteiger partial charge on any atom is 0.251 e. The average molecular weight is 505 g/mol. The Morgan fingerprint density at radius 2 is 1.95 bits per heavy atom. The number of methoxy groups -OCH3 is 1. The van der Waals surface area contributed by atoms with E-state index in [4.69, 9.17) is 9.72 Å². The molecule has 2 amide bonds. The van der Waals surface area contributed by atoms with Gasteiger partial charge < -0.3 is 24.8 Å². The van der Waals surface area contributed by atoms with Gasteiger partial charge in [0.2, 0.25) is 5.91 Å². The fourth-order valence-corrected chi connectivity index (χ4v) is 6.17. The third kappa shape index (κ3) is 4.43. The minimum atomic E-state index is -0.271. The number of nitrogens with zero attached hydrogens (tertiary/aromatic N) is 5. The molecule has 9 nitrogen and oxygen atoms in total. The summed E-state index contributed by atoms with van der Waals surface area (Å²) in [4.78, 5) is 42.1. The van der Waals surface area contributed by atoms with E-state index in [2.05, 4.69) is 20.1 Å². The monoisotopic (exact) mass is 504 g/mol. The van der Waals surface area contributed by atoms with Gasteiger partial charge in [0.05, 0.1) is 24.8 Å². The number of hydrogen-bond donors (Lipinski definition) is 1. The van der Waals surface area contributed by atoms with Crippen molar-refractivity contribution in [3.8, 4) is 5.75 Å². The molecule has 3 heterocycles. The molecule has 1 aromatic heterocycles. The lowest BCUT2D eigenvalue weighted by Gasteiger charge is -2.36. The van der Waals surface area contributed by atoms with Crippen molar-refractivity contribution in [2.24, 2.45) is 5.41 Å². The summed E-state index contributed by atoms with van der Waals surface area (Å²) in [7, 11) is 5.52. The number of aromatic nitrogens is 2. The van der Waals surface area contributed by atoms with Gasteiger partial charge in [-0.1, -0.05) is 18.9 Å². The Kier molecular flexibility index (Phi) is 6.06. The third-order valence-electron chi connectivity index (χ3n) is 8.58. The van der Waals surface area contributed by atoms with Crippen LogP contribution in [0.15, 0.2) is 24.4 Å². The Morgan fingerprint density at radius 3 is 2.62 bits per heavy atom. The summed E-state index contributed by atoms with van der Waals surface area (Å²) < 4.78 is 5.67. The van der Waals surface area contributed by atoms with Gasteiger partial charge in [-0.05, 0) is 44.9 Å². The third-order valence-corrected chi connectivity index (χ3v) is 8.58. The second-order valence-corrected chi connectivity index (χ2v) is 11.3. The predicted molar refractivity (Wildman–Crippen MR) is 141 cm³/mol. The van der Waals surface area contributed by atoms with E-state index < -0.39 is 0 Å². The number of carbonyl (C=O) groups excluding carboxylic acids is 2. The number of ether oxygens (including phenoxy) is 1. The van der Waals surface area contributed by atoms with Crippen molar-refractivity contribution >= 4 is 23.3 Å². The van der Waals surface area contributed by atoms with Crippen LogP contribution >= 0.6 is 0 Å². The minimum absolute atomic E-state index is 0.0851. The molecule has 2 aromatic rings. The van der Waals surface area contributed by atoms with Crippen LogP contribution in [0.3, 0.4) is 0 Å². The highest BCUT2D eigenvalue weighted by Gasteiger charge is 2.55. The number of amides is 2. The van der Waals surface area contributed by atoms with E-state index in [1.165, 1.54) is 12.8 Å². The van der Waals surface area contributed by atoms with E-state index in [9.17, 15) is 9.59 Å². The topological polar surface area (TPSA) is 90.9 Å². The molecule has 1 N–H and O–H groups in total. The Hall–Kier alpha value is -3.20. The molecule has 2 aliphatic heterocycles. The van der Waals surface area contributed by atoms with Gasteiger partial charge in [0.25, 0.3) is 5.91 Å². The van der Waals surface area contributed by atoms with Gasteiger partial charge in [0, 0.05) is 50.3 Å². The summed E-state index contributed by atoms with van der Waals surface area (Å²) in [5, 5.41) is 3.08. The summed E-state index contributed by atoms with van der Waals surface area (Å²) in [6, 6.07) is 6.18. The number of anilines is 2. The van der Waals surface area contributed by atoms with Gasteiger partial charge in [-0.2, -0.15) is 0 Å². The van der Waals surface area contributed by atoms with Gasteiger partial charge in [-0.3, -0.25) is 9.59 Å². The SMILES string of the molecule is COc1cc(C(=O)NC2CN(C)C2)ccc1Cc1ncc2c(n1)N(C1CCCC1)CC1(CC1)C(=O)N2C. The maximum absolute atomic E-state index is 13.3. The lowest BCUT2D eigenvalue weighted by atomic mass is 10.0. The van der Waals surface area contributed by atoms with Crippen molar-refractivity contribution in [3.05, 3.63) is 41.3 Å². The lowest BCUT2D eigenvalue weighted by Crippen LogP contribution is -2.57. The molecule has 0 bridgehead atoms. The Balaban J connectivity index is 1.27. The molecule has 4 aliphatic rings. The van der Waals surface area contributed by atoms with Gasteiger partial charge >= 0.3 is 0 Å². The van der Waals surface area contributed by atoms with Crippen molar-refractivity contribution in [1.29, 1.82) is 0 Å². The highest BCUT2D eigenvalue weighted by molar-refractivity contribution is 6.02. The van der Waals surface area contributed by atoms with Crippen LogP contribution in [0.2, 0.25) is 0 Å². The van der Waals surface area contributed by atoms with Crippen LogP contribution in [-0.2, 0) is 11.2 Å². The molecule has 0 atom stereocenters. The van der Waals surface area contributed by atoms with Crippen LogP contribution in [0.5, 0.6) is 5.75 Å². The first-order valence-corrected chi connectivity index (χ1v) is 13.4. The molecule has 6 rings (SSSR count). The van der Waals surface area contributed by atoms with E-state index in [0.29, 0.717) is 29.6 Å². The number of rotatable bonds is 6. The number of nitrogens with one attached hydrogen (secondary N) is 1. The lowest BCUT2D eigenvalue weighted by molar-refractivity contribution is -0.122. The fourth-order valence-electron chi connectivity index (χ4n) is 6.17. The van der Waals surface area contributed by atoms with Crippen LogP contribution in [0.25, 0.3) is 0 Å². The molecule has 1 aromatic carbocycles. The molecule has 37 heavy (non-hydrogen) atoms.